The van der Waals surface area contributed by atoms with Crippen LogP contribution in [0, 0.1) is 5.41 Å². The number of aromatic nitrogens is 3. The van der Waals surface area contributed by atoms with Gasteiger partial charge in [-0.25, -0.2) is 4.98 Å². The zero-order valence-electron chi connectivity index (χ0n) is 10.6. The second-order valence-electron chi connectivity index (χ2n) is 4.89. The fourth-order valence-electron chi connectivity index (χ4n) is 2.42. The van der Waals surface area contributed by atoms with E-state index in [-0.39, 0.29) is 5.41 Å². The lowest BCUT2D eigenvalue weighted by Gasteiger charge is -2.35. The van der Waals surface area contributed by atoms with Crippen LogP contribution in [0.5, 0.6) is 0 Å². The predicted octanol–water partition coefficient (Wildman–Crippen LogP) is 0.986. The van der Waals surface area contributed by atoms with Gasteiger partial charge in [-0.15, -0.1) is 0 Å². The van der Waals surface area contributed by atoms with Crippen LogP contribution in [0.15, 0.2) is 6.33 Å². The van der Waals surface area contributed by atoms with Crippen LogP contribution in [0.25, 0.3) is 0 Å². The first-order valence-electron chi connectivity index (χ1n) is 6.44. The molecule has 0 aliphatic carbocycles. The second kappa shape index (κ2) is 5.60. The number of hydrogen-bond donors (Lipinski definition) is 1. The number of rotatable bonds is 5. The Hall–Kier alpha value is -0.940. The molecule has 1 aromatic heterocycles. The summed E-state index contributed by atoms with van der Waals surface area (Å²) >= 11 is 0. The van der Waals surface area contributed by atoms with Gasteiger partial charge in [-0.1, -0.05) is 6.92 Å². The molecule has 1 aromatic rings. The molecule has 5 nitrogen and oxygen atoms in total. The Bertz CT molecular complexity index is 344. The molecule has 0 atom stereocenters. The standard InChI is InChI=1S/C12H22N4O/c1-2-5-16-11(14-10-15-16)8-12(9-13)3-6-17-7-4-12/h10H,2-9,13H2,1H3. The van der Waals surface area contributed by atoms with Crippen LogP contribution in [-0.4, -0.2) is 34.5 Å². The summed E-state index contributed by atoms with van der Waals surface area (Å²) in [6, 6.07) is 0. The van der Waals surface area contributed by atoms with Gasteiger partial charge in [0, 0.05) is 26.2 Å². The summed E-state index contributed by atoms with van der Waals surface area (Å²) in [5, 5.41) is 4.27. The summed E-state index contributed by atoms with van der Waals surface area (Å²) in [6.07, 6.45) is 5.71. The molecule has 1 fully saturated rings. The maximum absolute atomic E-state index is 5.97. The molecule has 0 unspecified atom stereocenters. The summed E-state index contributed by atoms with van der Waals surface area (Å²) < 4.78 is 7.43. The van der Waals surface area contributed by atoms with Crippen molar-refractivity contribution in [3.8, 4) is 0 Å². The summed E-state index contributed by atoms with van der Waals surface area (Å²) in [5.74, 6) is 1.07. The number of aryl methyl sites for hydroxylation is 1. The van der Waals surface area contributed by atoms with Crippen molar-refractivity contribution in [2.45, 2.75) is 39.2 Å². The minimum atomic E-state index is 0.163. The lowest BCUT2D eigenvalue weighted by Crippen LogP contribution is -2.39. The Morgan fingerprint density at radius 2 is 2.24 bits per heavy atom. The van der Waals surface area contributed by atoms with E-state index in [9.17, 15) is 0 Å². The third kappa shape index (κ3) is 2.84. The minimum absolute atomic E-state index is 0.163. The molecule has 1 saturated heterocycles. The van der Waals surface area contributed by atoms with Gasteiger partial charge in [-0.3, -0.25) is 4.68 Å². The van der Waals surface area contributed by atoms with E-state index in [1.54, 1.807) is 6.33 Å². The Kier molecular flexibility index (Phi) is 4.12. The van der Waals surface area contributed by atoms with E-state index >= 15 is 0 Å². The van der Waals surface area contributed by atoms with Crippen molar-refractivity contribution in [3.05, 3.63) is 12.2 Å². The summed E-state index contributed by atoms with van der Waals surface area (Å²) in [7, 11) is 0. The van der Waals surface area contributed by atoms with Crippen LogP contribution in [-0.2, 0) is 17.7 Å². The van der Waals surface area contributed by atoms with Gasteiger partial charge in [0.1, 0.15) is 12.2 Å². The topological polar surface area (TPSA) is 66.0 Å². The summed E-state index contributed by atoms with van der Waals surface area (Å²) in [4.78, 5) is 4.38. The zero-order valence-corrected chi connectivity index (χ0v) is 10.6. The molecule has 0 aromatic carbocycles. The second-order valence-corrected chi connectivity index (χ2v) is 4.89. The van der Waals surface area contributed by atoms with Gasteiger partial charge in [0.2, 0.25) is 0 Å². The highest BCUT2D eigenvalue weighted by Crippen LogP contribution is 2.32. The largest absolute Gasteiger partial charge is 0.381 e. The average molecular weight is 238 g/mol. The minimum Gasteiger partial charge on any atom is -0.381 e. The Labute approximate surface area is 102 Å². The van der Waals surface area contributed by atoms with E-state index in [1.807, 2.05) is 4.68 Å². The van der Waals surface area contributed by atoms with E-state index in [4.69, 9.17) is 10.5 Å². The van der Waals surface area contributed by atoms with Crippen LogP contribution in [0.4, 0.5) is 0 Å². The first-order chi connectivity index (χ1) is 8.29. The molecule has 1 aliphatic heterocycles. The lowest BCUT2D eigenvalue weighted by molar-refractivity contribution is 0.0177. The highest BCUT2D eigenvalue weighted by molar-refractivity contribution is 4.96. The van der Waals surface area contributed by atoms with Crippen molar-refractivity contribution in [1.82, 2.24) is 14.8 Å². The first kappa shape index (κ1) is 12.5. The van der Waals surface area contributed by atoms with Gasteiger partial charge in [0.25, 0.3) is 0 Å². The van der Waals surface area contributed by atoms with Gasteiger partial charge < -0.3 is 10.5 Å². The van der Waals surface area contributed by atoms with E-state index in [0.717, 1.165) is 51.3 Å². The van der Waals surface area contributed by atoms with Crippen LogP contribution < -0.4 is 5.73 Å². The van der Waals surface area contributed by atoms with Gasteiger partial charge in [-0.05, 0) is 31.2 Å². The molecular weight excluding hydrogens is 216 g/mol. The van der Waals surface area contributed by atoms with Gasteiger partial charge in [0.05, 0.1) is 0 Å². The fourth-order valence-corrected chi connectivity index (χ4v) is 2.42. The van der Waals surface area contributed by atoms with Crippen LogP contribution >= 0.6 is 0 Å². The predicted molar refractivity (Wildman–Crippen MR) is 65.6 cm³/mol. The Morgan fingerprint density at radius 1 is 1.47 bits per heavy atom. The normalized spacial score (nSPS) is 19.4. The molecule has 2 heterocycles. The van der Waals surface area contributed by atoms with Gasteiger partial charge in [-0.2, -0.15) is 5.10 Å². The molecule has 2 rings (SSSR count). The van der Waals surface area contributed by atoms with E-state index in [2.05, 4.69) is 17.0 Å². The maximum atomic E-state index is 5.97. The zero-order chi connectivity index (χ0) is 12.1. The molecule has 0 radical (unpaired) electrons. The van der Waals surface area contributed by atoms with Crippen LogP contribution in [0.1, 0.15) is 32.0 Å². The molecule has 2 N–H and O–H groups in total. The Balaban J connectivity index is 2.09. The highest BCUT2D eigenvalue weighted by atomic mass is 16.5. The molecule has 17 heavy (non-hydrogen) atoms. The summed E-state index contributed by atoms with van der Waals surface area (Å²) in [5.41, 5.74) is 6.13. The number of nitrogens with two attached hydrogens (primary N) is 1. The molecule has 5 heteroatoms. The lowest BCUT2D eigenvalue weighted by atomic mass is 9.77. The molecular formula is C12H22N4O. The molecule has 0 saturated carbocycles. The van der Waals surface area contributed by atoms with Crippen molar-refractivity contribution in [1.29, 1.82) is 0 Å². The Morgan fingerprint density at radius 3 is 2.88 bits per heavy atom. The first-order valence-corrected chi connectivity index (χ1v) is 6.44. The molecule has 96 valence electrons. The third-order valence-corrected chi connectivity index (χ3v) is 3.65. The van der Waals surface area contributed by atoms with Crippen LogP contribution in [0.2, 0.25) is 0 Å². The van der Waals surface area contributed by atoms with Crippen molar-refractivity contribution in [2.75, 3.05) is 19.8 Å². The van der Waals surface area contributed by atoms with Crippen molar-refractivity contribution < 1.29 is 4.74 Å². The number of ether oxygens (including phenoxy) is 1. The van der Waals surface area contributed by atoms with Gasteiger partial charge in [0.15, 0.2) is 0 Å². The van der Waals surface area contributed by atoms with Crippen molar-refractivity contribution in [3.63, 3.8) is 0 Å². The van der Waals surface area contributed by atoms with E-state index in [0.29, 0.717) is 6.54 Å². The molecule has 1 aliphatic rings. The van der Waals surface area contributed by atoms with Gasteiger partial charge >= 0.3 is 0 Å². The monoisotopic (exact) mass is 238 g/mol. The third-order valence-electron chi connectivity index (χ3n) is 3.65. The summed E-state index contributed by atoms with van der Waals surface area (Å²) in [6.45, 7) is 5.43. The maximum Gasteiger partial charge on any atom is 0.138 e. The fraction of sp³-hybridized carbons (Fsp3) is 0.833. The molecule has 0 amide bonds. The molecule has 0 spiro atoms. The SMILES string of the molecule is CCCn1ncnc1CC1(CN)CCOCC1. The van der Waals surface area contributed by atoms with E-state index < -0.39 is 0 Å². The van der Waals surface area contributed by atoms with Crippen LogP contribution in [0.3, 0.4) is 0 Å². The quantitative estimate of drug-likeness (QED) is 0.830. The molecule has 0 bridgehead atoms. The van der Waals surface area contributed by atoms with Crippen molar-refractivity contribution >= 4 is 0 Å². The smallest absolute Gasteiger partial charge is 0.138 e. The van der Waals surface area contributed by atoms with E-state index in [1.165, 1.54) is 0 Å². The number of hydrogen-bond acceptors (Lipinski definition) is 4. The number of nitrogens with zero attached hydrogens (tertiary/aromatic N) is 3. The highest BCUT2D eigenvalue weighted by Gasteiger charge is 2.32. The average Bonchev–Trinajstić information content (AvgIpc) is 2.78. The van der Waals surface area contributed by atoms with Crippen molar-refractivity contribution in [2.24, 2.45) is 11.1 Å².